The number of benzene rings is 1. The molecule has 2 atom stereocenters. The second-order valence-corrected chi connectivity index (χ2v) is 10.9. The van der Waals surface area contributed by atoms with Crippen LogP contribution in [0.3, 0.4) is 0 Å². The van der Waals surface area contributed by atoms with Gasteiger partial charge in [0, 0.05) is 30.4 Å². The second-order valence-electron chi connectivity index (χ2n) is 8.96. The van der Waals surface area contributed by atoms with Crippen LogP contribution in [0.25, 0.3) is 0 Å². The van der Waals surface area contributed by atoms with Crippen molar-refractivity contribution in [3.8, 4) is 0 Å². The minimum Gasteiger partial charge on any atom is -0.394 e. The number of rotatable bonds is 4. The predicted octanol–water partition coefficient (Wildman–Crippen LogP) is 3.75. The number of nitrogens with zero attached hydrogens (tertiary/aromatic N) is 4. The molecule has 0 amide bonds. The van der Waals surface area contributed by atoms with Crippen LogP contribution in [0.4, 0.5) is 11.8 Å². The molecule has 2 fully saturated rings. The molecule has 5 rings (SSSR count). The van der Waals surface area contributed by atoms with Crippen molar-refractivity contribution in [2.45, 2.75) is 54.9 Å². The predicted molar refractivity (Wildman–Crippen MR) is 125 cm³/mol. The zero-order valence-corrected chi connectivity index (χ0v) is 19.2. The van der Waals surface area contributed by atoms with Crippen molar-refractivity contribution in [1.29, 1.82) is 0 Å². The molecule has 8 heteroatoms. The molecule has 0 bridgehead atoms. The first kappa shape index (κ1) is 21.2. The number of hydrogen-bond donors (Lipinski definition) is 1. The van der Waals surface area contributed by atoms with Crippen molar-refractivity contribution in [2.75, 3.05) is 41.8 Å². The monoisotopic (exact) mass is 460 g/mol. The van der Waals surface area contributed by atoms with Gasteiger partial charge in [0.1, 0.15) is 0 Å². The van der Waals surface area contributed by atoms with E-state index in [1.165, 1.54) is 5.56 Å². The summed E-state index contributed by atoms with van der Waals surface area (Å²) in [5, 5.41) is 10.9. The third-order valence-electron chi connectivity index (χ3n) is 7.23. The molecule has 3 aliphatic rings. The first-order valence-electron chi connectivity index (χ1n) is 11.2. The highest BCUT2D eigenvalue weighted by molar-refractivity contribution is 7.85. The van der Waals surface area contributed by atoms with E-state index >= 15 is 0 Å². The lowest BCUT2D eigenvalue weighted by Gasteiger charge is -2.51. The molecule has 2 unspecified atom stereocenters. The highest BCUT2D eigenvalue weighted by Gasteiger charge is 2.45. The van der Waals surface area contributed by atoms with Crippen LogP contribution in [0.5, 0.6) is 0 Å². The molecule has 2 aromatic rings. The van der Waals surface area contributed by atoms with Gasteiger partial charge in [-0.05, 0) is 62.1 Å². The van der Waals surface area contributed by atoms with Crippen molar-refractivity contribution in [2.24, 2.45) is 0 Å². The fraction of sp³-hybridized carbons (Fsp3) is 0.565. The van der Waals surface area contributed by atoms with Gasteiger partial charge in [-0.1, -0.05) is 23.7 Å². The Morgan fingerprint density at radius 2 is 1.94 bits per heavy atom. The minimum atomic E-state index is -1.08. The average molecular weight is 461 g/mol. The topological polar surface area (TPSA) is 69.6 Å². The maximum Gasteiger partial charge on any atom is 0.227 e. The SMILES string of the molecule is O=S1CCN(C2(CO)CCC2)c2nc(N3CCCC(c4ccc(Cl)cc4)CC3)ncc21. The summed E-state index contributed by atoms with van der Waals surface area (Å²) in [5.41, 5.74) is 1.10. The Labute approximate surface area is 191 Å². The number of aliphatic hydroxyl groups is 1. The largest absolute Gasteiger partial charge is 0.394 e. The third-order valence-corrected chi connectivity index (χ3v) is 8.81. The van der Waals surface area contributed by atoms with Crippen LogP contribution in [-0.2, 0) is 10.8 Å². The van der Waals surface area contributed by atoms with Crippen LogP contribution in [-0.4, -0.2) is 56.8 Å². The van der Waals surface area contributed by atoms with E-state index in [0.29, 0.717) is 29.1 Å². The quantitative estimate of drug-likeness (QED) is 0.749. The third kappa shape index (κ3) is 3.96. The molecule has 0 radical (unpaired) electrons. The first-order valence-corrected chi connectivity index (χ1v) is 12.9. The van der Waals surface area contributed by atoms with Crippen LogP contribution < -0.4 is 9.80 Å². The van der Waals surface area contributed by atoms with Gasteiger partial charge in [0.2, 0.25) is 5.95 Å². The van der Waals surface area contributed by atoms with E-state index in [-0.39, 0.29) is 12.1 Å². The summed E-state index contributed by atoms with van der Waals surface area (Å²) >= 11 is 6.06. The zero-order valence-electron chi connectivity index (χ0n) is 17.7. The second kappa shape index (κ2) is 8.68. The summed E-state index contributed by atoms with van der Waals surface area (Å²) in [7, 11) is -1.08. The van der Waals surface area contributed by atoms with Crippen LogP contribution in [0.1, 0.15) is 50.0 Å². The Kier molecular flexibility index (Phi) is 5.92. The molecule has 1 aromatic heterocycles. The molecule has 6 nitrogen and oxygen atoms in total. The maximum absolute atomic E-state index is 12.6. The Bertz CT molecular complexity index is 961. The summed E-state index contributed by atoms with van der Waals surface area (Å²) in [6, 6.07) is 8.22. The number of aliphatic hydroxyl groups excluding tert-OH is 1. The van der Waals surface area contributed by atoms with E-state index in [2.05, 4.69) is 26.9 Å². The Hall–Kier alpha value is -1.70. The molecule has 1 aromatic carbocycles. The number of halogens is 1. The van der Waals surface area contributed by atoms with Gasteiger partial charge in [0.25, 0.3) is 0 Å². The minimum absolute atomic E-state index is 0.116. The smallest absolute Gasteiger partial charge is 0.227 e. The van der Waals surface area contributed by atoms with E-state index in [1.54, 1.807) is 6.20 Å². The van der Waals surface area contributed by atoms with Crippen molar-refractivity contribution >= 4 is 34.2 Å². The summed E-state index contributed by atoms with van der Waals surface area (Å²) in [5.74, 6) is 2.56. The standard InChI is InChI=1S/C23H29ClN4O2S/c24-19-6-4-18(5-7-19)17-3-1-11-27(12-8-17)22-25-15-20-21(26-22)28(13-14-31(20)30)23(16-29)9-2-10-23/h4-7,15,17,29H,1-3,8-14,16H2. The first-order chi connectivity index (χ1) is 15.1. The maximum atomic E-state index is 12.6. The number of anilines is 2. The lowest BCUT2D eigenvalue weighted by Crippen LogP contribution is -2.59. The van der Waals surface area contributed by atoms with Crippen molar-refractivity contribution < 1.29 is 9.32 Å². The van der Waals surface area contributed by atoms with Crippen LogP contribution in [0.15, 0.2) is 35.4 Å². The summed E-state index contributed by atoms with van der Waals surface area (Å²) < 4.78 is 12.6. The highest BCUT2D eigenvalue weighted by Crippen LogP contribution is 2.43. The number of fused-ring (bicyclic) bond motifs is 1. The lowest BCUT2D eigenvalue weighted by atomic mass is 9.76. The van der Waals surface area contributed by atoms with Gasteiger partial charge in [-0.15, -0.1) is 0 Å². The lowest BCUT2D eigenvalue weighted by molar-refractivity contribution is 0.115. The van der Waals surface area contributed by atoms with Gasteiger partial charge in [-0.2, -0.15) is 4.98 Å². The van der Waals surface area contributed by atoms with E-state index in [4.69, 9.17) is 16.6 Å². The molecule has 1 saturated carbocycles. The molecule has 1 aliphatic carbocycles. The van der Waals surface area contributed by atoms with Gasteiger partial charge >= 0.3 is 0 Å². The van der Waals surface area contributed by atoms with Crippen molar-refractivity contribution in [1.82, 2.24) is 9.97 Å². The molecule has 0 spiro atoms. The Balaban J connectivity index is 1.38. The molecular weight excluding hydrogens is 432 g/mol. The Morgan fingerprint density at radius 3 is 2.65 bits per heavy atom. The fourth-order valence-corrected chi connectivity index (χ4v) is 6.40. The summed E-state index contributed by atoms with van der Waals surface area (Å²) in [6.07, 6.45) is 8.04. The molecule has 1 saturated heterocycles. The molecule has 1 N–H and O–H groups in total. The van der Waals surface area contributed by atoms with Crippen molar-refractivity contribution in [3.63, 3.8) is 0 Å². The van der Waals surface area contributed by atoms with E-state index < -0.39 is 10.8 Å². The van der Waals surface area contributed by atoms with Gasteiger partial charge in [0.15, 0.2) is 5.82 Å². The molecule has 166 valence electrons. The molecular formula is C23H29ClN4O2S. The van der Waals surface area contributed by atoms with Gasteiger partial charge < -0.3 is 14.9 Å². The summed E-state index contributed by atoms with van der Waals surface area (Å²) in [6.45, 7) is 2.59. The average Bonchev–Trinajstić information content (AvgIpc) is 3.01. The molecule has 31 heavy (non-hydrogen) atoms. The van der Waals surface area contributed by atoms with Crippen LogP contribution >= 0.6 is 11.6 Å². The molecule has 3 heterocycles. The normalized spacial score (nSPS) is 25.5. The van der Waals surface area contributed by atoms with Crippen LogP contribution in [0.2, 0.25) is 5.02 Å². The zero-order chi connectivity index (χ0) is 21.4. The van der Waals surface area contributed by atoms with Crippen molar-refractivity contribution in [3.05, 3.63) is 41.0 Å². The Morgan fingerprint density at radius 1 is 1.13 bits per heavy atom. The van der Waals surface area contributed by atoms with Gasteiger partial charge in [-0.3, -0.25) is 4.21 Å². The number of hydrogen-bond acceptors (Lipinski definition) is 6. The van der Waals surface area contributed by atoms with Gasteiger partial charge in [0.05, 0.1) is 34.0 Å². The van der Waals surface area contributed by atoms with Gasteiger partial charge in [-0.25, -0.2) is 4.98 Å². The summed E-state index contributed by atoms with van der Waals surface area (Å²) in [4.78, 5) is 14.7. The fourth-order valence-electron chi connectivity index (χ4n) is 5.17. The van der Waals surface area contributed by atoms with E-state index in [9.17, 15) is 9.32 Å². The highest BCUT2D eigenvalue weighted by atomic mass is 35.5. The van der Waals surface area contributed by atoms with Crippen LogP contribution in [0, 0.1) is 0 Å². The number of aromatic nitrogens is 2. The molecule has 2 aliphatic heterocycles. The van der Waals surface area contributed by atoms with E-state index in [1.807, 2.05) is 12.1 Å². The van der Waals surface area contributed by atoms with E-state index in [0.717, 1.165) is 62.5 Å².